The van der Waals surface area contributed by atoms with Crippen LogP contribution >= 0.6 is 12.4 Å². The summed E-state index contributed by atoms with van der Waals surface area (Å²) in [6.45, 7) is 14.7. The van der Waals surface area contributed by atoms with Crippen molar-refractivity contribution in [3.05, 3.63) is 87.5 Å². The summed E-state index contributed by atoms with van der Waals surface area (Å²) < 4.78 is 34.2. The van der Waals surface area contributed by atoms with E-state index in [4.69, 9.17) is 28.1 Å². The van der Waals surface area contributed by atoms with E-state index in [1.165, 1.54) is 6.07 Å². The van der Waals surface area contributed by atoms with Gasteiger partial charge in [0.15, 0.2) is 28.4 Å². The van der Waals surface area contributed by atoms with E-state index in [-0.39, 0.29) is 29.0 Å². The van der Waals surface area contributed by atoms with E-state index >= 15 is 0 Å². The molecule has 1 atom stereocenters. The zero-order valence-corrected chi connectivity index (χ0v) is 29.9. The average Bonchev–Trinajstić information content (AvgIpc) is 3.24. The number of phenols is 1. The summed E-state index contributed by atoms with van der Waals surface area (Å²) in [6.07, 6.45) is 4.17. The van der Waals surface area contributed by atoms with Crippen molar-refractivity contribution >= 4 is 34.1 Å². The molecule has 1 N–H and O–H groups in total. The standard InChI is InChI=1S/C24H29NO4.C15H16O4.ClH/c1-5-26-21-10-9-17(14-22(21)27-6-2)13-20-19-16-24(29-8-4)23(28-7-3)15-18(19)11-12-25-20;1-8-3-4-10-12(18-7-8)6-13-14(15(10)17)11(16)5-9(2)19-13;/h9-12,14-16H,5-8,13H2,1-4H3;5-6,8,17H,3-4,7H2,1-2H3;1H. The van der Waals surface area contributed by atoms with Crippen LogP contribution in [-0.4, -0.2) is 43.1 Å². The molecule has 0 aliphatic carbocycles. The van der Waals surface area contributed by atoms with Gasteiger partial charge in [0.1, 0.15) is 28.2 Å². The number of pyridine rings is 1. The number of phenolic OH excluding ortho intramolecular Hbond substituents is 1. The Balaban J connectivity index is 0.000000234. The van der Waals surface area contributed by atoms with Gasteiger partial charge in [-0.05, 0) is 94.7 Å². The molecule has 49 heavy (non-hydrogen) atoms. The molecule has 0 saturated carbocycles. The molecule has 0 bridgehead atoms. The molecule has 3 aromatic carbocycles. The van der Waals surface area contributed by atoms with E-state index < -0.39 is 0 Å². The van der Waals surface area contributed by atoms with Gasteiger partial charge in [0.2, 0.25) is 0 Å². The molecule has 6 rings (SSSR count). The average molecular weight is 692 g/mol. The number of rotatable bonds is 10. The summed E-state index contributed by atoms with van der Waals surface area (Å²) in [5, 5.41) is 12.7. The monoisotopic (exact) mass is 691 g/mol. The van der Waals surface area contributed by atoms with Crippen molar-refractivity contribution in [2.24, 2.45) is 5.92 Å². The number of halogens is 1. The maximum atomic E-state index is 12.0. The number of ether oxygens (including phenoxy) is 5. The van der Waals surface area contributed by atoms with Crippen LogP contribution in [0.25, 0.3) is 21.7 Å². The highest BCUT2D eigenvalue weighted by Gasteiger charge is 2.22. The first kappa shape index (κ1) is 37.2. The maximum absolute atomic E-state index is 12.0. The molecule has 3 heterocycles. The Labute approximate surface area is 293 Å². The zero-order chi connectivity index (χ0) is 34.2. The lowest BCUT2D eigenvalue weighted by atomic mass is 10.00. The van der Waals surface area contributed by atoms with Crippen LogP contribution < -0.4 is 29.1 Å². The van der Waals surface area contributed by atoms with Crippen molar-refractivity contribution in [3.63, 3.8) is 0 Å². The molecule has 0 saturated heterocycles. The number of hydrogen-bond donors (Lipinski definition) is 1. The van der Waals surface area contributed by atoms with E-state index in [0.29, 0.717) is 74.5 Å². The predicted octanol–water partition coefficient (Wildman–Crippen LogP) is 8.61. The molecule has 0 radical (unpaired) electrons. The van der Waals surface area contributed by atoms with Gasteiger partial charge in [-0.1, -0.05) is 13.0 Å². The lowest BCUT2D eigenvalue weighted by Gasteiger charge is -2.15. The first-order valence-electron chi connectivity index (χ1n) is 16.7. The number of aryl methyl sites for hydroxylation is 1. The van der Waals surface area contributed by atoms with Crippen molar-refractivity contribution in [1.82, 2.24) is 4.98 Å². The second-order valence-corrected chi connectivity index (χ2v) is 11.7. The molecule has 262 valence electrons. The van der Waals surface area contributed by atoms with Gasteiger partial charge in [0, 0.05) is 35.7 Å². The van der Waals surface area contributed by atoms with E-state index in [9.17, 15) is 9.90 Å². The van der Waals surface area contributed by atoms with Crippen LogP contribution in [0.15, 0.2) is 63.9 Å². The summed E-state index contributed by atoms with van der Waals surface area (Å²) in [4.78, 5) is 16.6. The number of nitrogens with zero attached hydrogens (tertiary/aromatic N) is 1. The van der Waals surface area contributed by atoms with E-state index in [0.717, 1.165) is 51.4 Å². The van der Waals surface area contributed by atoms with Gasteiger partial charge in [0.05, 0.1) is 38.7 Å². The molecular formula is C39H46ClNO8. The van der Waals surface area contributed by atoms with Crippen LogP contribution in [0.5, 0.6) is 34.5 Å². The van der Waals surface area contributed by atoms with Gasteiger partial charge in [0.25, 0.3) is 0 Å². The first-order chi connectivity index (χ1) is 23.3. The molecule has 0 amide bonds. The highest BCUT2D eigenvalue weighted by Crippen LogP contribution is 2.38. The number of benzene rings is 3. The lowest BCUT2D eigenvalue weighted by Crippen LogP contribution is -2.05. The van der Waals surface area contributed by atoms with Gasteiger partial charge in [-0.2, -0.15) is 0 Å². The van der Waals surface area contributed by atoms with Gasteiger partial charge < -0.3 is 33.2 Å². The van der Waals surface area contributed by atoms with E-state index in [1.807, 2.05) is 64.2 Å². The molecular weight excluding hydrogens is 646 g/mol. The van der Waals surface area contributed by atoms with Gasteiger partial charge in [-0.15, -0.1) is 12.4 Å². The third-order valence-corrected chi connectivity index (χ3v) is 8.08. The minimum atomic E-state index is -0.212. The number of aromatic hydroxyl groups is 1. The number of hydrogen-bond acceptors (Lipinski definition) is 9. The molecule has 2 aromatic heterocycles. The Morgan fingerprint density at radius 1 is 0.857 bits per heavy atom. The quantitative estimate of drug-likeness (QED) is 0.154. The largest absolute Gasteiger partial charge is 0.507 e. The zero-order valence-electron chi connectivity index (χ0n) is 29.1. The molecule has 10 heteroatoms. The van der Waals surface area contributed by atoms with Crippen molar-refractivity contribution in [1.29, 1.82) is 0 Å². The second kappa shape index (κ2) is 17.2. The normalized spacial score (nSPS) is 13.6. The van der Waals surface area contributed by atoms with Crippen LogP contribution in [0.2, 0.25) is 0 Å². The van der Waals surface area contributed by atoms with Gasteiger partial charge >= 0.3 is 0 Å². The number of aromatic nitrogens is 1. The lowest BCUT2D eigenvalue weighted by molar-refractivity contribution is 0.265. The minimum Gasteiger partial charge on any atom is -0.507 e. The molecule has 1 aliphatic heterocycles. The van der Waals surface area contributed by atoms with Gasteiger partial charge in [-0.25, -0.2) is 0 Å². The van der Waals surface area contributed by atoms with Crippen LogP contribution in [0.1, 0.15) is 63.6 Å². The predicted molar refractivity (Wildman–Crippen MR) is 195 cm³/mol. The Morgan fingerprint density at radius 2 is 1.51 bits per heavy atom. The Hall–Kier alpha value is -4.63. The Bertz CT molecular complexity index is 1940. The van der Waals surface area contributed by atoms with Gasteiger partial charge in [-0.3, -0.25) is 9.78 Å². The number of fused-ring (bicyclic) bond motifs is 3. The van der Waals surface area contributed by atoms with Crippen LogP contribution in [0.3, 0.4) is 0 Å². The maximum Gasteiger partial charge on any atom is 0.196 e. The topological polar surface area (TPSA) is 109 Å². The summed E-state index contributed by atoms with van der Waals surface area (Å²) >= 11 is 0. The fraction of sp³-hybridized carbons (Fsp3) is 0.385. The summed E-state index contributed by atoms with van der Waals surface area (Å²) in [5.74, 6) is 4.64. The third kappa shape index (κ3) is 8.70. The molecule has 1 aliphatic rings. The smallest absolute Gasteiger partial charge is 0.196 e. The fourth-order valence-corrected chi connectivity index (χ4v) is 5.83. The molecule has 1 unspecified atom stereocenters. The third-order valence-electron chi connectivity index (χ3n) is 8.08. The summed E-state index contributed by atoms with van der Waals surface area (Å²) in [5.41, 5.74) is 2.99. The van der Waals surface area contributed by atoms with Crippen LogP contribution in [0.4, 0.5) is 0 Å². The summed E-state index contributed by atoms with van der Waals surface area (Å²) in [7, 11) is 0. The minimum absolute atomic E-state index is 0. The molecule has 0 fully saturated rings. The molecule has 5 aromatic rings. The van der Waals surface area contributed by atoms with Crippen LogP contribution in [0, 0.1) is 12.8 Å². The highest BCUT2D eigenvalue weighted by molar-refractivity contribution is 5.88. The molecule has 9 nitrogen and oxygen atoms in total. The first-order valence-corrected chi connectivity index (χ1v) is 16.7. The van der Waals surface area contributed by atoms with E-state index in [2.05, 4.69) is 18.0 Å². The summed E-state index contributed by atoms with van der Waals surface area (Å²) in [6, 6.07) is 15.2. The van der Waals surface area contributed by atoms with E-state index in [1.54, 1.807) is 13.0 Å². The SMILES string of the molecule is CCOc1ccc(Cc2nccc3cc(OCC)c(OCC)cc23)cc1OCC.Cc1cc(=O)c2c(O)c3c(cc2o1)OCC(C)CC3.Cl. The fourth-order valence-electron chi connectivity index (χ4n) is 5.83. The second-order valence-electron chi connectivity index (χ2n) is 11.7. The highest BCUT2D eigenvalue weighted by atomic mass is 35.5. The van der Waals surface area contributed by atoms with Crippen molar-refractivity contribution < 1.29 is 33.2 Å². The van der Waals surface area contributed by atoms with Crippen molar-refractivity contribution in [3.8, 4) is 34.5 Å². The van der Waals surface area contributed by atoms with Crippen molar-refractivity contribution in [2.75, 3.05) is 33.0 Å². The molecule has 0 spiro atoms. The Kier molecular flexibility index (Phi) is 13.0. The van der Waals surface area contributed by atoms with Crippen LogP contribution in [-0.2, 0) is 12.8 Å². The van der Waals surface area contributed by atoms with Crippen molar-refractivity contribution in [2.45, 2.75) is 60.8 Å². The Morgan fingerprint density at radius 3 is 2.20 bits per heavy atom.